The predicted molar refractivity (Wildman–Crippen MR) is 181 cm³/mol. The van der Waals surface area contributed by atoms with Crippen LogP contribution in [0, 0.1) is 0 Å². The Morgan fingerprint density at radius 3 is 0.805 bits per heavy atom. The van der Waals surface area contributed by atoms with Gasteiger partial charge in [0, 0.05) is 53.2 Å². The predicted octanol–water partition coefficient (Wildman–Crippen LogP) is 10.7. The van der Waals surface area contributed by atoms with Crippen LogP contribution in [0.15, 0.2) is 0 Å². The van der Waals surface area contributed by atoms with Crippen LogP contribution in [-0.4, -0.2) is 58.8 Å². The molecule has 0 aromatic heterocycles. The lowest BCUT2D eigenvalue weighted by molar-refractivity contribution is 0.0706. The summed E-state index contributed by atoms with van der Waals surface area (Å²) >= 11 is 0. The summed E-state index contributed by atoms with van der Waals surface area (Å²) in [6.45, 7) is 12.7. The molecule has 0 aliphatic heterocycles. The molecule has 0 fully saturated rings. The van der Waals surface area contributed by atoms with E-state index in [0.29, 0.717) is 19.8 Å². The van der Waals surface area contributed by atoms with Crippen LogP contribution < -0.4 is 0 Å². The molecule has 6 nitrogen and oxygen atoms in total. The molecule has 0 saturated heterocycles. The summed E-state index contributed by atoms with van der Waals surface area (Å²) in [5.41, 5.74) is 0. The second kappa shape index (κ2) is 33.1. The van der Waals surface area contributed by atoms with Gasteiger partial charge in [0.05, 0.1) is 0 Å². The van der Waals surface area contributed by atoms with Crippen molar-refractivity contribution in [2.24, 2.45) is 0 Å². The van der Waals surface area contributed by atoms with Crippen molar-refractivity contribution in [2.45, 2.75) is 175 Å². The van der Waals surface area contributed by atoms with Crippen LogP contribution in [0.25, 0.3) is 0 Å². The number of unbranched alkanes of at least 4 members (excludes halogenated alkanes) is 18. The third-order valence-electron chi connectivity index (χ3n) is 7.70. The quantitative estimate of drug-likeness (QED) is 0.0566. The molecule has 0 aliphatic carbocycles. The van der Waals surface area contributed by atoms with E-state index in [1.165, 1.54) is 122 Å². The van der Waals surface area contributed by atoms with Crippen LogP contribution in [0.1, 0.15) is 163 Å². The van der Waals surface area contributed by atoms with Crippen molar-refractivity contribution in [3.8, 4) is 0 Å². The van der Waals surface area contributed by atoms with Crippen molar-refractivity contribution in [1.82, 2.24) is 0 Å². The Hall–Kier alpha value is 0.194. The first kappa shape index (κ1) is 43.3. The molecule has 0 N–H and O–H groups in total. The van der Waals surface area contributed by atoms with Crippen molar-refractivity contribution in [1.29, 1.82) is 0 Å². The van der Waals surface area contributed by atoms with E-state index in [0.717, 1.165) is 18.5 Å². The molecule has 8 heteroatoms. The Morgan fingerprint density at radius 1 is 0.317 bits per heavy atom. The first-order valence-electron chi connectivity index (χ1n) is 17.6. The fourth-order valence-corrected chi connectivity index (χ4v) is 9.70. The summed E-state index contributed by atoms with van der Waals surface area (Å²) in [5, 5.41) is 0. The van der Waals surface area contributed by atoms with Gasteiger partial charge in [-0.3, -0.25) is 0 Å². The second-order valence-corrected chi connectivity index (χ2v) is 17.0. The van der Waals surface area contributed by atoms with Gasteiger partial charge in [-0.1, -0.05) is 129 Å². The van der Waals surface area contributed by atoms with E-state index in [2.05, 4.69) is 13.8 Å². The van der Waals surface area contributed by atoms with E-state index in [1.54, 1.807) is 21.3 Å². The molecule has 0 bridgehead atoms. The van der Waals surface area contributed by atoms with Crippen LogP contribution in [0.4, 0.5) is 0 Å². The second-order valence-electron chi connectivity index (χ2n) is 11.1. The van der Waals surface area contributed by atoms with Crippen molar-refractivity contribution in [2.75, 3.05) is 41.2 Å². The Bertz CT molecular complexity index is 469. The lowest BCUT2D eigenvalue weighted by atomic mass is 10.0. The largest absolute Gasteiger partial charge is 0.500 e. The Morgan fingerprint density at radius 2 is 0.561 bits per heavy atom. The van der Waals surface area contributed by atoms with E-state index in [1.807, 2.05) is 20.8 Å². The maximum absolute atomic E-state index is 5.92. The van der Waals surface area contributed by atoms with Gasteiger partial charge in [0.1, 0.15) is 0 Å². The monoisotopic (exact) mass is 623 g/mol. The maximum Gasteiger partial charge on any atom is 0.500 e. The smallest absolute Gasteiger partial charge is 0.377 e. The molecule has 250 valence electrons. The average Bonchev–Trinajstić information content (AvgIpc) is 2.98. The van der Waals surface area contributed by atoms with E-state index in [-0.39, 0.29) is 0 Å². The van der Waals surface area contributed by atoms with Gasteiger partial charge >= 0.3 is 17.6 Å². The molecule has 0 aliphatic rings. The Balaban J connectivity index is 0. The minimum atomic E-state index is -2.40. The zero-order valence-corrected chi connectivity index (χ0v) is 31.1. The summed E-state index contributed by atoms with van der Waals surface area (Å²) < 4.78 is 33.8. The normalized spacial score (nSPS) is 12.0. The van der Waals surface area contributed by atoms with E-state index >= 15 is 0 Å². The summed E-state index contributed by atoms with van der Waals surface area (Å²) in [6, 6.07) is 1.91. The minimum absolute atomic E-state index is 0.685. The SMILES string of the molecule is CCCCCCCCCCCCCCCC[Si](OCC)(OCC)OCC.CCCCCCCC[Si](OC)(OC)OC. The minimum Gasteiger partial charge on any atom is -0.377 e. The van der Waals surface area contributed by atoms with Crippen molar-refractivity contribution in [3.05, 3.63) is 0 Å². The van der Waals surface area contributed by atoms with E-state index in [4.69, 9.17) is 26.6 Å². The van der Waals surface area contributed by atoms with Crippen molar-refractivity contribution in [3.63, 3.8) is 0 Å². The highest BCUT2D eigenvalue weighted by Crippen LogP contribution is 2.21. The average molecular weight is 623 g/mol. The fraction of sp³-hybridized carbons (Fsp3) is 1.00. The number of hydrogen-bond donors (Lipinski definition) is 0. The zero-order chi connectivity index (χ0) is 30.9. The standard InChI is InChI=1S/C22H48O3Si.C11H26O3Si/c1-5-9-10-11-12-13-14-15-16-17-18-19-20-21-22-26(23-6-2,24-7-3)25-8-4;1-5-6-7-8-9-10-11-15(12-2,13-3)14-4/h5-22H2,1-4H3;5-11H2,1-4H3. The molecule has 0 unspecified atom stereocenters. The molecular weight excluding hydrogens is 549 g/mol. The molecule has 0 spiro atoms. The van der Waals surface area contributed by atoms with Crippen molar-refractivity contribution >= 4 is 17.6 Å². The van der Waals surface area contributed by atoms with Gasteiger partial charge in [-0.15, -0.1) is 0 Å². The highest BCUT2D eigenvalue weighted by Gasteiger charge is 2.39. The number of rotatable bonds is 31. The highest BCUT2D eigenvalue weighted by molar-refractivity contribution is 6.61. The Labute approximate surface area is 260 Å². The molecule has 0 aromatic rings. The summed E-state index contributed by atoms with van der Waals surface area (Å²) in [6.07, 6.45) is 27.1. The molecule has 0 amide bonds. The molecule has 0 aromatic carbocycles. The fourth-order valence-electron chi connectivity index (χ4n) is 5.22. The third-order valence-corrected chi connectivity index (χ3v) is 13.7. The van der Waals surface area contributed by atoms with Crippen LogP contribution >= 0.6 is 0 Å². The summed E-state index contributed by atoms with van der Waals surface area (Å²) in [7, 11) is 0.347. The maximum atomic E-state index is 5.92. The van der Waals surface area contributed by atoms with Gasteiger partial charge in [0.25, 0.3) is 0 Å². The number of hydrogen-bond acceptors (Lipinski definition) is 6. The zero-order valence-electron chi connectivity index (χ0n) is 29.1. The lowest BCUT2D eigenvalue weighted by Gasteiger charge is -2.28. The van der Waals surface area contributed by atoms with Crippen LogP contribution in [-0.2, 0) is 26.6 Å². The molecule has 0 radical (unpaired) electrons. The molecule has 0 atom stereocenters. The summed E-state index contributed by atoms with van der Waals surface area (Å²) in [5.74, 6) is 0. The molecule has 0 rings (SSSR count). The van der Waals surface area contributed by atoms with E-state index < -0.39 is 17.6 Å². The van der Waals surface area contributed by atoms with E-state index in [9.17, 15) is 0 Å². The molecular formula is C33H74O6Si2. The highest BCUT2D eigenvalue weighted by atomic mass is 28.4. The van der Waals surface area contributed by atoms with Crippen LogP contribution in [0.3, 0.4) is 0 Å². The van der Waals surface area contributed by atoms with Gasteiger partial charge < -0.3 is 26.6 Å². The Kier molecular flexibility index (Phi) is 35.0. The molecule has 0 saturated carbocycles. The first-order valence-corrected chi connectivity index (χ1v) is 21.4. The van der Waals surface area contributed by atoms with Crippen molar-refractivity contribution < 1.29 is 26.6 Å². The van der Waals surface area contributed by atoms with Gasteiger partial charge in [-0.2, -0.15) is 0 Å². The topological polar surface area (TPSA) is 55.4 Å². The first-order chi connectivity index (χ1) is 20.0. The van der Waals surface area contributed by atoms with Gasteiger partial charge in [-0.05, 0) is 33.6 Å². The third kappa shape index (κ3) is 26.3. The molecule has 0 heterocycles. The summed E-state index contributed by atoms with van der Waals surface area (Å²) in [4.78, 5) is 0. The van der Waals surface area contributed by atoms with Crippen LogP contribution in [0.5, 0.6) is 0 Å². The molecule has 41 heavy (non-hydrogen) atoms. The van der Waals surface area contributed by atoms with Crippen LogP contribution in [0.2, 0.25) is 12.1 Å². The van der Waals surface area contributed by atoms with Gasteiger partial charge in [0.2, 0.25) is 0 Å². The van der Waals surface area contributed by atoms with Gasteiger partial charge in [-0.25, -0.2) is 0 Å². The lowest BCUT2D eigenvalue weighted by Crippen LogP contribution is -2.45. The van der Waals surface area contributed by atoms with Gasteiger partial charge in [0.15, 0.2) is 0 Å².